The number of piperidine rings is 1. The number of amides is 3. The largest absolute Gasteiger partial charge is 0.353 e. The standard InChI is InChI=1S/C20H27N3O3/c1-14(2)18(24)21-15-8-12-22(13-9-15)10-5-11-23-19(25)16-6-3-4-7-17(16)20(23)26/h3-4,6-7,14-15H,5,8-13H2,1-2H3,(H,21,24). The number of nitrogens with zero attached hydrogens (tertiary/aromatic N) is 2. The Morgan fingerprint density at radius 1 is 1.08 bits per heavy atom. The molecule has 1 saturated heterocycles. The highest BCUT2D eigenvalue weighted by Crippen LogP contribution is 2.22. The molecule has 6 nitrogen and oxygen atoms in total. The number of hydrogen-bond acceptors (Lipinski definition) is 4. The number of carbonyl (C=O) groups excluding carboxylic acids is 3. The van der Waals surface area contributed by atoms with E-state index >= 15 is 0 Å². The van der Waals surface area contributed by atoms with Gasteiger partial charge < -0.3 is 10.2 Å². The number of hydrogen-bond donors (Lipinski definition) is 1. The monoisotopic (exact) mass is 357 g/mol. The predicted molar refractivity (Wildman–Crippen MR) is 98.9 cm³/mol. The van der Waals surface area contributed by atoms with Gasteiger partial charge in [0.05, 0.1) is 11.1 Å². The quantitative estimate of drug-likeness (QED) is 0.790. The van der Waals surface area contributed by atoms with E-state index in [1.807, 2.05) is 13.8 Å². The molecule has 1 aromatic rings. The van der Waals surface area contributed by atoms with Gasteiger partial charge in [-0.2, -0.15) is 0 Å². The molecule has 2 heterocycles. The van der Waals surface area contributed by atoms with E-state index in [9.17, 15) is 14.4 Å². The summed E-state index contributed by atoms with van der Waals surface area (Å²) < 4.78 is 0. The fourth-order valence-corrected chi connectivity index (χ4v) is 3.56. The van der Waals surface area contributed by atoms with Gasteiger partial charge in [0.25, 0.3) is 11.8 Å². The van der Waals surface area contributed by atoms with Gasteiger partial charge >= 0.3 is 0 Å². The van der Waals surface area contributed by atoms with Crippen LogP contribution < -0.4 is 5.32 Å². The van der Waals surface area contributed by atoms with Crippen molar-refractivity contribution in [3.8, 4) is 0 Å². The van der Waals surface area contributed by atoms with Gasteiger partial charge in [-0.3, -0.25) is 19.3 Å². The Balaban J connectivity index is 1.41. The minimum absolute atomic E-state index is 0.0210. The molecule has 6 heteroatoms. The first-order valence-electron chi connectivity index (χ1n) is 9.45. The molecule has 2 aliphatic rings. The summed E-state index contributed by atoms with van der Waals surface area (Å²) in [6.45, 7) is 7.00. The summed E-state index contributed by atoms with van der Waals surface area (Å²) in [7, 11) is 0. The van der Waals surface area contributed by atoms with E-state index in [0.29, 0.717) is 17.7 Å². The van der Waals surface area contributed by atoms with Crippen molar-refractivity contribution in [2.24, 2.45) is 5.92 Å². The molecule has 26 heavy (non-hydrogen) atoms. The number of carbonyl (C=O) groups is 3. The third-order valence-electron chi connectivity index (χ3n) is 5.19. The van der Waals surface area contributed by atoms with Gasteiger partial charge in [-0.15, -0.1) is 0 Å². The molecule has 0 unspecified atom stereocenters. The first-order valence-corrected chi connectivity index (χ1v) is 9.45. The second kappa shape index (κ2) is 7.99. The van der Waals surface area contributed by atoms with E-state index in [-0.39, 0.29) is 29.7 Å². The van der Waals surface area contributed by atoms with Crippen LogP contribution in [-0.2, 0) is 4.79 Å². The fraction of sp³-hybridized carbons (Fsp3) is 0.550. The minimum Gasteiger partial charge on any atom is -0.353 e. The topological polar surface area (TPSA) is 69.7 Å². The van der Waals surface area contributed by atoms with E-state index in [2.05, 4.69) is 10.2 Å². The van der Waals surface area contributed by atoms with Crippen molar-refractivity contribution in [3.63, 3.8) is 0 Å². The van der Waals surface area contributed by atoms with E-state index in [1.54, 1.807) is 24.3 Å². The molecule has 1 N–H and O–H groups in total. The van der Waals surface area contributed by atoms with E-state index in [4.69, 9.17) is 0 Å². The summed E-state index contributed by atoms with van der Waals surface area (Å²) in [5, 5.41) is 3.10. The summed E-state index contributed by atoms with van der Waals surface area (Å²) in [6, 6.07) is 7.26. The number of imide groups is 1. The van der Waals surface area contributed by atoms with Gasteiger partial charge in [-0.1, -0.05) is 26.0 Å². The van der Waals surface area contributed by atoms with Gasteiger partial charge in [-0.05, 0) is 37.9 Å². The summed E-state index contributed by atoms with van der Waals surface area (Å²) >= 11 is 0. The SMILES string of the molecule is CC(C)C(=O)NC1CCN(CCCN2C(=O)c3ccccc3C2=O)CC1. The van der Waals surface area contributed by atoms with Crippen LogP contribution in [0.1, 0.15) is 53.8 Å². The van der Waals surface area contributed by atoms with Crippen LogP contribution in [0, 0.1) is 5.92 Å². The lowest BCUT2D eigenvalue weighted by atomic mass is 10.0. The third kappa shape index (κ3) is 3.96. The number of benzene rings is 1. The van der Waals surface area contributed by atoms with Gasteiger partial charge in [0, 0.05) is 31.6 Å². The van der Waals surface area contributed by atoms with Crippen LogP contribution in [0.25, 0.3) is 0 Å². The molecule has 3 rings (SSSR count). The maximum Gasteiger partial charge on any atom is 0.261 e. The molecule has 0 bridgehead atoms. The van der Waals surface area contributed by atoms with Crippen LogP contribution in [0.3, 0.4) is 0 Å². The average Bonchev–Trinajstić information content (AvgIpc) is 2.88. The van der Waals surface area contributed by atoms with Crippen LogP contribution >= 0.6 is 0 Å². The van der Waals surface area contributed by atoms with Gasteiger partial charge in [0.2, 0.25) is 5.91 Å². The average molecular weight is 357 g/mol. The lowest BCUT2D eigenvalue weighted by Gasteiger charge is -2.33. The molecule has 1 aromatic carbocycles. The summed E-state index contributed by atoms with van der Waals surface area (Å²) in [5.74, 6) is -0.219. The highest BCUT2D eigenvalue weighted by Gasteiger charge is 2.34. The maximum atomic E-state index is 12.3. The normalized spacial score (nSPS) is 18.5. The summed E-state index contributed by atoms with van der Waals surface area (Å²) in [4.78, 5) is 40.2. The van der Waals surface area contributed by atoms with Crippen molar-refractivity contribution in [2.45, 2.75) is 39.2 Å². The Bertz CT molecular complexity index is 658. The zero-order valence-corrected chi connectivity index (χ0v) is 15.5. The Labute approximate surface area is 154 Å². The molecule has 0 spiro atoms. The smallest absolute Gasteiger partial charge is 0.261 e. The van der Waals surface area contributed by atoms with Crippen molar-refractivity contribution >= 4 is 17.7 Å². The Hall–Kier alpha value is -2.21. The van der Waals surface area contributed by atoms with Crippen LogP contribution in [-0.4, -0.2) is 59.7 Å². The molecule has 140 valence electrons. The maximum absolute atomic E-state index is 12.3. The zero-order chi connectivity index (χ0) is 18.7. The van der Waals surface area contributed by atoms with Gasteiger partial charge in [-0.25, -0.2) is 0 Å². The van der Waals surface area contributed by atoms with Crippen molar-refractivity contribution < 1.29 is 14.4 Å². The first kappa shape index (κ1) is 18.6. The summed E-state index contributed by atoms with van der Waals surface area (Å²) in [5.41, 5.74) is 1.03. The van der Waals surface area contributed by atoms with Gasteiger partial charge in [0.15, 0.2) is 0 Å². The molecular weight excluding hydrogens is 330 g/mol. The van der Waals surface area contributed by atoms with Crippen molar-refractivity contribution in [1.82, 2.24) is 15.1 Å². The van der Waals surface area contributed by atoms with Crippen molar-refractivity contribution in [2.75, 3.05) is 26.2 Å². The van der Waals surface area contributed by atoms with Crippen LogP contribution in [0.5, 0.6) is 0 Å². The number of rotatable bonds is 6. The lowest BCUT2D eigenvalue weighted by Crippen LogP contribution is -2.46. The summed E-state index contributed by atoms with van der Waals surface area (Å²) in [6.07, 6.45) is 2.67. The molecule has 3 amide bonds. The molecule has 0 aromatic heterocycles. The van der Waals surface area contributed by atoms with E-state index in [1.165, 1.54) is 4.90 Å². The number of fused-ring (bicyclic) bond motifs is 1. The van der Waals surface area contributed by atoms with Crippen LogP contribution in [0.2, 0.25) is 0 Å². The molecule has 2 aliphatic heterocycles. The Morgan fingerprint density at radius 2 is 1.65 bits per heavy atom. The predicted octanol–water partition coefficient (Wildman–Crippen LogP) is 1.91. The van der Waals surface area contributed by atoms with E-state index < -0.39 is 0 Å². The number of likely N-dealkylation sites (tertiary alicyclic amines) is 1. The molecule has 0 radical (unpaired) electrons. The second-order valence-electron chi connectivity index (χ2n) is 7.44. The van der Waals surface area contributed by atoms with Crippen molar-refractivity contribution in [3.05, 3.63) is 35.4 Å². The fourth-order valence-electron chi connectivity index (χ4n) is 3.56. The molecular formula is C20H27N3O3. The van der Waals surface area contributed by atoms with E-state index in [0.717, 1.165) is 38.9 Å². The Kier molecular flexibility index (Phi) is 5.71. The highest BCUT2D eigenvalue weighted by molar-refractivity contribution is 6.21. The first-order chi connectivity index (χ1) is 12.5. The molecule has 0 atom stereocenters. The van der Waals surface area contributed by atoms with Gasteiger partial charge in [0.1, 0.15) is 0 Å². The third-order valence-corrected chi connectivity index (χ3v) is 5.19. The second-order valence-corrected chi connectivity index (χ2v) is 7.44. The van der Waals surface area contributed by atoms with Crippen molar-refractivity contribution in [1.29, 1.82) is 0 Å². The lowest BCUT2D eigenvalue weighted by molar-refractivity contribution is -0.125. The number of nitrogens with one attached hydrogen (secondary N) is 1. The molecule has 1 fully saturated rings. The Morgan fingerprint density at radius 3 is 2.19 bits per heavy atom. The zero-order valence-electron chi connectivity index (χ0n) is 15.5. The highest BCUT2D eigenvalue weighted by atomic mass is 16.2. The minimum atomic E-state index is -0.180. The molecule has 0 saturated carbocycles. The van der Waals surface area contributed by atoms with Crippen LogP contribution in [0.4, 0.5) is 0 Å². The van der Waals surface area contributed by atoms with Crippen LogP contribution in [0.15, 0.2) is 24.3 Å². The molecule has 0 aliphatic carbocycles.